The summed E-state index contributed by atoms with van der Waals surface area (Å²) in [6.45, 7) is 27.3. The monoisotopic (exact) mass is 380 g/mol. The van der Waals surface area contributed by atoms with E-state index in [1.54, 1.807) is 0 Å². The molecule has 1 aliphatic heterocycles. The Bertz CT molecular complexity index is 543. The maximum atomic E-state index is 11.3. The van der Waals surface area contributed by atoms with Crippen LogP contribution < -0.4 is 0 Å². The van der Waals surface area contributed by atoms with Crippen molar-refractivity contribution in [1.29, 1.82) is 0 Å². The van der Waals surface area contributed by atoms with Crippen LogP contribution in [0.15, 0.2) is 36.6 Å². The first-order valence-electron chi connectivity index (χ1n) is 9.88. The predicted molar refractivity (Wildman–Crippen MR) is 112 cm³/mol. The molecule has 0 aromatic carbocycles. The molecule has 0 bridgehead atoms. The molecule has 0 radical (unpaired) electrons. The van der Waals surface area contributed by atoms with Crippen molar-refractivity contribution in [3.05, 3.63) is 36.6 Å². The van der Waals surface area contributed by atoms with Crippen LogP contribution in [-0.4, -0.2) is 28.4 Å². The fourth-order valence-corrected chi connectivity index (χ4v) is 3.55. The average molecular weight is 381 g/mol. The molecule has 4 heteroatoms. The summed E-state index contributed by atoms with van der Waals surface area (Å²) in [6.07, 6.45) is -0.452. The quantitative estimate of drug-likeness (QED) is 0.272. The van der Waals surface area contributed by atoms with E-state index in [0.717, 1.165) is 0 Å². The van der Waals surface area contributed by atoms with Gasteiger partial charge in [-0.3, -0.25) is 0 Å². The lowest BCUT2D eigenvalue weighted by Gasteiger charge is -2.30. The minimum absolute atomic E-state index is 0.0246. The van der Waals surface area contributed by atoms with Crippen molar-refractivity contribution in [3.63, 3.8) is 0 Å². The largest absolute Gasteiger partial charge is 0.508 e. The molecular formula is C23H40O4. The number of allylic oxidation sites excluding steroid dienone is 1. The van der Waals surface area contributed by atoms with Crippen LogP contribution in [0.5, 0.6) is 0 Å². The van der Waals surface area contributed by atoms with Crippen LogP contribution >= 0.6 is 0 Å². The van der Waals surface area contributed by atoms with Crippen LogP contribution in [0, 0.1) is 35.5 Å². The molecule has 1 rings (SSSR count). The van der Waals surface area contributed by atoms with Gasteiger partial charge in [-0.2, -0.15) is 0 Å². The van der Waals surface area contributed by atoms with Crippen molar-refractivity contribution in [2.45, 2.75) is 67.6 Å². The zero-order valence-corrected chi connectivity index (χ0v) is 18.5. The van der Waals surface area contributed by atoms with Crippen molar-refractivity contribution in [2.24, 2.45) is 35.5 Å². The number of hydrogen-bond acceptors (Lipinski definition) is 4. The van der Waals surface area contributed by atoms with Crippen molar-refractivity contribution >= 4 is 5.97 Å². The summed E-state index contributed by atoms with van der Waals surface area (Å²) in [5, 5.41) is 19.2. The Labute approximate surface area is 166 Å². The Morgan fingerprint density at radius 2 is 1.44 bits per heavy atom. The zero-order chi connectivity index (χ0) is 21.6. The summed E-state index contributed by atoms with van der Waals surface area (Å²) in [4.78, 5) is 11.3. The van der Waals surface area contributed by atoms with Gasteiger partial charge in [0.05, 0.1) is 6.10 Å². The highest BCUT2D eigenvalue weighted by Crippen LogP contribution is 2.36. The lowest BCUT2D eigenvalue weighted by Crippen LogP contribution is -2.31. The summed E-state index contributed by atoms with van der Waals surface area (Å²) in [7, 11) is 0. The minimum atomic E-state index is -0.480. The number of carbonyl (C=O) groups excluding carboxylic acids is 1. The van der Waals surface area contributed by atoms with E-state index in [0.29, 0.717) is 23.0 Å². The maximum Gasteiger partial charge on any atom is 0.334 e. The van der Waals surface area contributed by atoms with Crippen molar-refractivity contribution < 1.29 is 19.7 Å². The second-order valence-electron chi connectivity index (χ2n) is 8.89. The number of aliphatic hydroxyl groups is 2. The van der Waals surface area contributed by atoms with E-state index in [9.17, 15) is 15.0 Å². The summed E-state index contributed by atoms with van der Waals surface area (Å²) in [5.41, 5.74) is 1.19. The number of ether oxygens (including phenoxy) is 1. The summed E-state index contributed by atoms with van der Waals surface area (Å²) < 4.78 is 5.27. The molecule has 1 fully saturated rings. The first-order valence-corrected chi connectivity index (χ1v) is 9.88. The lowest BCUT2D eigenvalue weighted by molar-refractivity contribution is -0.141. The van der Waals surface area contributed by atoms with Crippen LogP contribution in [0.1, 0.15) is 55.4 Å². The molecule has 4 nitrogen and oxygen atoms in total. The number of hydrogen-bond donors (Lipinski definition) is 2. The van der Waals surface area contributed by atoms with Crippen LogP contribution in [0.4, 0.5) is 0 Å². The van der Waals surface area contributed by atoms with E-state index in [1.807, 2.05) is 27.7 Å². The van der Waals surface area contributed by atoms with Crippen LogP contribution in [-0.2, 0) is 9.53 Å². The molecule has 2 N–H and O–H groups in total. The molecule has 0 aliphatic carbocycles. The maximum absolute atomic E-state index is 11.3. The smallest absolute Gasteiger partial charge is 0.334 e. The van der Waals surface area contributed by atoms with E-state index < -0.39 is 6.10 Å². The second-order valence-corrected chi connectivity index (χ2v) is 8.89. The zero-order valence-electron chi connectivity index (χ0n) is 18.5. The minimum Gasteiger partial charge on any atom is -0.508 e. The molecule has 4 unspecified atom stereocenters. The molecule has 0 amide bonds. The third-order valence-corrected chi connectivity index (χ3v) is 5.18. The van der Waals surface area contributed by atoms with Gasteiger partial charge in [-0.05, 0) is 29.2 Å². The van der Waals surface area contributed by atoms with Crippen molar-refractivity contribution in [3.8, 4) is 0 Å². The Morgan fingerprint density at radius 3 is 1.70 bits per heavy atom. The highest BCUT2D eigenvalue weighted by atomic mass is 16.6. The average Bonchev–Trinajstić information content (AvgIpc) is 2.83. The van der Waals surface area contributed by atoms with Gasteiger partial charge in [0.1, 0.15) is 11.9 Å². The standard InChI is InChI=1S/C12H22O2.C11H18O2/c1-7(2)11(9(5)10(6)13)12(14)8(3)4;1-6(2)9-8(5)11(12)13-10(9)7(3)4/h7-8,11-14H,5-6H2,1-4H3;6-7,9-10H,5H2,1-4H3. The molecule has 0 aromatic rings. The lowest BCUT2D eigenvalue weighted by atomic mass is 9.79. The van der Waals surface area contributed by atoms with Crippen LogP contribution in [0.3, 0.4) is 0 Å². The highest BCUT2D eigenvalue weighted by molar-refractivity contribution is 5.90. The Morgan fingerprint density at radius 1 is 0.963 bits per heavy atom. The Balaban J connectivity index is 0.000000501. The third kappa shape index (κ3) is 6.84. The van der Waals surface area contributed by atoms with Gasteiger partial charge in [0, 0.05) is 17.4 Å². The fourth-order valence-electron chi connectivity index (χ4n) is 3.55. The number of cyclic esters (lactones) is 1. The van der Waals surface area contributed by atoms with Gasteiger partial charge in [0.25, 0.3) is 0 Å². The molecule has 1 heterocycles. The SMILES string of the molecule is C=C(O)C(=C)C(C(C)C)C(O)C(C)C.C=C1C(=O)OC(C(C)C)C1C(C)C. The summed E-state index contributed by atoms with van der Waals surface area (Å²) >= 11 is 0. The Kier molecular flexibility index (Phi) is 10.1. The molecule has 1 aliphatic rings. The molecule has 1 saturated heterocycles. The first kappa shape index (κ1) is 25.4. The fraction of sp³-hybridized carbons (Fsp3) is 0.696. The van der Waals surface area contributed by atoms with Gasteiger partial charge in [-0.1, -0.05) is 75.1 Å². The second kappa shape index (κ2) is 10.7. The summed E-state index contributed by atoms with van der Waals surface area (Å²) in [6, 6.07) is 0. The van der Waals surface area contributed by atoms with Crippen molar-refractivity contribution in [1.82, 2.24) is 0 Å². The van der Waals surface area contributed by atoms with Gasteiger partial charge in [0.15, 0.2) is 0 Å². The van der Waals surface area contributed by atoms with Gasteiger partial charge >= 0.3 is 5.97 Å². The van der Waals surface area contributed by atoms with E-state index >= 15 is 0 Å². The van der Waals surface area contributed by atoms with Gasteiger partial charge in [-0.15, -0.1) is 0 Å². The molecule has 0 saturated carbocycles. The van der Waals surface area contributed by atoms with E-state index in [2.05, 4.69) is 47.4 Å². The number of rotatable bonds is 7. The van der Waals surface area contributed by atoms with Gasteiger partial charge < -0.3 is 14.9 Å². The van der Waals surface area contributed by atoms with E-state index in [-0.39, 0.29) is 41.5 Å². The van der Waals surface area contributed by atoms with Gasteiger partial charge in [0.2, 0.25) is 0 Å². The first-order chi connectivity index (χ1) is 12.2. The molecule has 27 heavy (non-hydrogen) atoms. The molecule has 0 aromatic heterocycles. The predicted octanol–water partition coefficient (Wildman–Crippen LogP) is 5.30. The van der Waals surface area contributed by atoms with Crippen LogP contribution in [0.2, 0.25) is 0 Å². The molecular weight excluding hydrogens is 340 g/mol. The van der Waals surface area contributed by atoms with Crippen molar-refractivity contribution in [2.75, 3.05) is 0 Å². The molecule has 0 spiro atoms. The number of esters is 1. The summed E-state index contributed by atoms with van der Waals surface area (Å²) in [5.74, 6) is 1.03. The molecule has 4 atom stereocenters. The number of aliphatic hydroxyl groups excluding tert-OH is 2. The topological polar surface area (TPSA) is 66.8 Å². The third-order valence-electron chi connectivity index (χ3n) is 5.18. The molecule has 156 valence electrons. The number of carbonyl (C=O) groups is 1. The van der Waals surface area contributed by atoms with Crippen LogP contribution in [0.25, 0.3) is 0 Å². The normalized spacial score (nSPS) is 22.0. The Hall–Kier alpha value is -1.55. The van der Waals surface area contributed by atoms with E-state index in [4.69, 9.17) is 4.74 Å². The van der Waals surface area contributed by atoms with Gasteiger partial charge in [-0.25, -0.2) is 4.79 Å². The van der Waals surface area contributed by atoms with E-state index in [1.165, 1.54) is 0 Å². The highest BCUT2D eigenvalue weighted by Gasteiger charge is 2.41.